The van der Waals surface area contributed by atoms with E-state index in [9.17, 15) is 4.79 Å². The Balaban J connectivity index is 2.17. The quantitative estimate of drug-likeness (QED) is 0.793. The molecular weight excluding hydrogens is 322 g/mol. The zero-order valence-electron chi connectivity index (χ0n) is 14.9. The number of ether oxygens (including phenoxy) is 4. The third-order valence-electron chi connectivity index (χ3n) is 3.67. The molecule has 0 aliphatic rings. The van der Waals surface area contributed by atoms with Gasteiger partial charge in [-0.15, -0.1) is 0 Å². The number of carbonyl (C=O) groups is 1. The van der Waals surface area contributed by atoms with Gasteiger partial charge in [0.1, 0.15) is 11.5 Å². The molecule has 0 saturated heterocycles. The lowest BCUT2D eigenvalue weighted by molar-refractivity contribution is -0.122. The molecule has 0 heterocycles. The van der Waals surface area contributed by atoms with Gasteiger partial charge in [0.2, 0.25) is 0 Å². The smallest absolute Gasteiger partial charge is 0.265 e. The summed E-state index contributed by atoms with van der Waals surface area (Å²) in [6, 6.07) is 12.4. The van der Waals surface area contributed by atoms with Gasteiger partial charge in [0.15, 0.2) is 17.6 Å². The van der Waals surface area contributed by atoms with E-state index in [1.54, 1.807) is 51.7 Å². The van der Waals surface area contributed by atoms with Gasteiger partial charge in [-0.2, -0.15) is 0 Å². The number of methoxy groups -OCH3 is 3. The van der Waals surface area contributed by atoms with E-state index in [4.69, 9.17) is 18.9 Å². The van der Waals surface area contributed by atoms with Gasteiger partial charge < -0.3 is 24.3 Å². The van der Waals surface area contributed by atoms with Crippen LogP contribution in [0.25, 0.3) is 0 Å². The second-order valence-electron chi connectivity index (χ2n) is 5.22. The molecule has 1 amide bonds. The second kappa shape index (κ2) is 8.82. The van der Waals surface area contributed by atoms with E-state index in [2.05, 4.69) is 5.32 Å². The molecule has 6 nitrogen and oxygen atoms in total. The number of hydrogen-bond acceptors (Lipinski definition) is 5. The lowest BCUT2D eigenvalue weighted by atomic mass is 10.2. The van der Waals surface area contributed by atoms with Gasteiger partial charge in [0.05, 0.1) is 27.0 Å². The Morgan fingerprint density at radius 1 is 0.960 bits per heavy atom. The summed E-state index contributed by atoms with van der Waals surface area (Å²) in [5.74, 6) is 1.98. The Kier molecular flexibility index (Phi) is 6.51. The fourth-order valence-corrected chi connectivity index (χ4v) is 2.32. The Morgan fingerprint density at radius 3 is 2.24 bits per heavy atom. The van der Waals surface area contributed by atoms with Crippen molar-refractivity contribution in [1.29, 1.82) is 0 Å². The summed E-state index contributed by atoms with van der Waals surface area (Å²) in [5.41, 5.74) is 0.522. The lowest BCUT2D eigenvalue weighted by Crippen LogP contribution is -2.32. The standard InChI is InChI=1S/C19H23NO5/c1-5-15(25-18-9-7-6-8-17(18)24-4)19(21)20-14-12-13(22-2)10-11-16(14)23-3/h6-12,15H,5H2,1-4H3,(H,20,21). The van der Waals surface area contributed by atoms with Crippen molar-refractivity contribution in [2.24, 2.45) is 0 Å². The number of benzene rings is 2. The van der Waals surface area contributed by atoms with Crippen molar-refractivity contribution >= 4 is 11.6 Å². The minimum absolute atomic E-state index is 0.278. The summed E-state index contributed by atoms with van der Waals surface area (Å²) in [7, 11) is 4.66. The third-order valence-corrected chi connectivity index (χ3v) is 3.67. The summed E-state index contributed by atoms with van der Waals surface area (Å²) in [5, 5.41) is 2.84. The van der Waals surface area contributed by atoms with Crippen molar-refractivity contribution in [3.8, 4) is 23.0 Å². The molecule has 6 heteroatoms. The van der Waals surface area contributed by atoms with Crippen LogP contribution in [0.3, 0.4) is 0 Å². The van der Waals surface area contributed by atoms with Crippen LogP contribution in [0.5, 0.6) is 23.0 Å². The number of carbonyl (C=O) groups excluding carboxylic acids is 1. The molecule has 0 aromatic heterocycles. The summed E-state index contributed by atoms with van der Waals surface area (Å²) < 4.78 is 21.6. The number of nitrogens with one attached hydrogen (secondary N) is 1. The fourth-order valence-electron chi connectivity index (χ4n) is 2.32. The van der Waals surface area contributed by atoms with E-state index in [1.807, 2.05) is 19.1 Å². The van der Waals surface area contributed by atoms with E-state index in [0.29, 0.717) is 35.1 Å². The SMILES string of the molecule is CCC(Oc1ccccc1OC)C(=O)Nc1cc(OC)ccc1OC. The Bertz CT molecular complexity index is 717. The topological polar surface area (TPSA) is 66.0 Å². The average Bonchev–Trinajstić information content (AvgIpc) is 2.66. The molecule has 2 aromatic carbocycles. The molecule has 1 atom stereocenters. The highest BCUT2D eigenvalue weighted by Gasteiger charge is 2.21. The molecule has 0 spiro atoms. The molecule has 0 radical (unpaired) electrons. The van der Waals surface area contributed by atoms with Crippen LogP contribution in [0.2, 0.25) is 0 Å². The molecule has 0 saturated carbocycles. The van der Waals surface area contributed by atoms with Crippen LogP contribution in [0.1, 0.15) is 13.3 Å². The van der Waals surface area contributed by atoms with E-state index in [0.717, 1.165) is 0 Å². The third kappa shape index (κ3) is 4.56. The summed E-state index contributed by atoms with van der Waals surface area (Å²) in [6.45, 7) is 1.88. The molecule has 2 rings (SSSR count). The van der Waals surface area contributed by atoms with Crippen molar-refractivity contribution in [3.05, 3.63) is 42.5 Å². The van der Waals surface area contributed by atoms with Crippen molar-refractivity contribution in [2.45, 2.75) is 19.4 Å². The molecular formula is C19H23NO5. The molecule has 1 N–H and O–H groups in total. The van der Waals surface area contributed by atoms with Crippen LogP contribution in [0, 0.1) is 0 Å². The first-order valence-electron chi connectivity index (χ1n) is 7.95. The fraction of sp³-hybridized carbons (Fsp3) is 0.316. The van der Waals surface area contributed by atoms with E-state index in [-0.39, 0.29) is 5.91 Å². The zero-order valence-corrected chi connectivity index (χ0v) is 14.9. The van der Waals surface area contributed by atoms with Crippen molar-refractivity contribution in [2.75, 3.05) is 26.6 Å². The maximum atomic E-state index is 12.6. The lowest BCUT2D eigenvalue weighted by Gasteiger charge is -2.19. The van der Waals surface area contributed by atoms with E-state index < -0.39 is 6.10 Å². The first kappa shape index (κ1) is 18.4. The van der Waals surface area contributed by atoms with Crippen molar-refractivity contribution in [3.63, 3.8) is 0 Å². The van der Waals surface area contributed by atoms with Gasteiger partial charge in [-0.1, -0.05) is 19.1 Å². The molecule has 0 aliphatic heterocycles. The average molecular weight is 345 g/mol. The largest absolute Gasteiger partial charge is 0.497 e. The van der Waals surface area contributed by atoms with Crippen LogP contribution in [0.4, 0.5) is 5.69 Å². The molecule has 0 bridgehead atoms. The Morgan fingerprint density at radius 2 is 1.64 bits per heavy atom. The minimum atomic E-state index is -0.674. The number of anilines is 1. The number of para-hydroxylation sites is 2. The first-order chi connectivity index (χ1) is 12.1. The van der Waals surface area contributed by atoms with Gasteiger partial charge in [-0.05, 0) is 30.7 Å². The molecule has 134 valence electrons. The first-order valence-corrected chi connectivity index (χ1v) is 7.95. The number of rotatable bonds is 8. The van der Waals surface area contributed by atoms with Crippen LogP contribution in [-0.2, 0) is 4.79 Å². The normalized spacial score (nSPS) is 11.4. The van der Waals surface area contributed by atoms with Crippen LogP contribution in [-0.4, -0.2) is 33.3 Å². The predicted molar refractivity (Wildman–Crippen MR) is 95.9 cm³/mol. The molecule has 1 unspecified atom stereocenters. The molecule has 2 aromatic rings. The molecule has 0 fully saturated rings. The summed E-state index contributed by atoms with van der Waals surface area (Å²) in [6.07, 6.45) is -0.178. The predicted octanol–water partition coefficient (Wildman–Crippen LogP) is 3.51. The van der Waals surface area contributed by atoms with Gasteiger partial charge >= 0.3 is 0 Å². The minimum Gasteiger partial charge on any atom is -0.497 e. The highest BCUT2D eigenvalue weighted by atomic mass is 16.5. The number of hydrogen-bond donors (Lipinski definition) is 1. The number of amides is 1. The van der Waals surface area contributed by atoms with E-state index >= 15 is 0 Å². The Hall–Kier alpha value is -2.89. The van der Waals surface area contributed by atoms with Crippen LogP contribution in [0.15, 0.2) is 42.5 Å². The van der Waals surface area contributed by atoms with Crippen LogP contribution >= 0.6 is 0 Å². The van der Waals surface area contributed by atoms with Gasteiger partial charge in [-0.25, -0.2) is 0 Å². The maximum absolute atomic E-state index is 12.6. The van der Waals surface area contributed by atoms with E-state index in [1.165, 1.54) is 0 Å². The highest BCUT2D eigenvalue weighted by molar-refractivity contribution is 5.96. The van der Waals surface area contributed by atoms with Gasteiger partial charge in [0, 0.05) is 6.07 Å². The molecule has 0 aliphatic carbocycles. The highest BCUT2D eigenvalue weighted by Crippen LogP contribution is 2.30. The second-order valence-corrected chi connectivity index (χ2v) is 5.22. The summed E-state index contributed by atoms with van der Waals surface area (Å²) >= 11 is 0. The molecule has 25 heavy (non-hydrogen) atoms. The van der Waals surface area contributed by atoms with Gasteiger partial charge in [0.25, 0.3) is 5.91 Å². The maximum Gasteiger partial charge on any atom is 0.265 e. The van der Waals surface area contributed by atoms with Crippen molar-refractivity contribution < 1.29 is 23.7 Å². The summed E-state index contributed by atoms with van der Waals surface area (Å²) in [4.78, 5) is 12.6. The zero-order chi connectivity index (χ0) is 18.2. The monoisotopic (exact) mass is 345 g/mol. The van der Waals surface area contributed by atoms with Crippen molar-refractivity contribution in [1.82, 2.24) is 0 Å². The Labute approximate surface area is 147 Å². The van der Waals surface area contributed by atoms with Crippen LogP contribution < -0.4 is 24.3 Å². The van der Waals surface area contributed by atoms with Gasteiger partial charge in [-0.3, -0.25) is 4.79 Å².